The number of amides is 1. The Labute approximate surface area is 166 Å². The Morgan fingerprint density at radius 2 is 1.61 bits per heavy atom. The maximum atomic E-state index is 13.4. The van der Waals surface area contributed by atoms with Gasteiger partial charge in [0, 0.05) is 12.5 Å². The minimum absolute atomic E-state index is 0.0253. The lowest BCUT2D eigenvalue weighted by molar-refractivity contribution is 0.0497. The lowest BCUT2D eigenvalue weighted by Gasteiger charge is -2.24. The molecule has 1 fully saturated rings. The fraction of sp³-hybridized carbons (Fsp3) is 0.381. The van der Waals surface area contributed by atoms with E-state index in [2.05, 4.69) is 5.32 Å². The first kappa shape index (κ1) is 20.4. The van der Waals surface area contributed by atoms with E-state index in [0.717, 1.165) is 5.56 Å². The van der Waals surface area contributed by atoms with E-state index in [1.54, 1.807) is 51.1 Å². The molecule has 2 aromatic rings. The van der Waals surface area contributed by atoms with E-state index >= 15 is 0 Å². The monoisotopic (exact) mass is 402 g/mol. The van der Waals surface area contributed by atoms with Gasteiger partial charge in [-0.05, 0) is 38.5 Å². The fourth-order valence-corrected chi connectivity index (χ4v) is 6.05. The van der Waals surface area contributed by atoms with Gasteiger partial charge in [-0.25, -0.2) is 13.2 Å². The van der Waals surface area contributed by atoms with Crippen molar-refractivity contribution in [3.63, 3.8) is 0 Å². The number of nitrogens with two attached hydrogens (primary N) is 1. The molecular formula is C21H26N2O4S. The van der Waals surface area contributed by atoms with Gasteiger partial charge in [0.15, 0.2) is 9.84 Å². The van der Waals surface area contributed by atoms with E-state index < -0.39 is 38.2 Å². The Morgan fingerprint density at radius 1 is 1.07 bits per heavy atom. The van der Waals surface area contributed by atoms with Crippen molar-refractivity contribution < 1.29 is 17.9 Å². The van der Waals surface area contributed by atoms with Crippen molar-refractivity contribution in [1.82, 2.24) is 5.32 Å². The molecule has 3 rings (SSSR count). The zero-order valence-electron chi connectivity index (χ0n) is 16.3. The minimum atomic E-state index is -3.72. The van der Waals surface area contributed by atoms with Gasteiger partial charge in [0.1, 0.15) is 10.9 Å². The highest BCUT2D eigenvalue weighted by atomic mass is 32.2. The summed E-state index contributed by atoms with van der Waals surface area (Å²) in [6.45, 7) is 5.23. The molecule has 0 unspecified atom stereocenters. The number of rotatable bonds is 5. The van der Waals surface area contributed by atoms with Crippen LogP contribution >= 0.6 is 0 Å². The summed E-state index contributed by atoms with van der Waals surface area (Å²) in [6, 6.07) is 17.5. The van der Waals surface area contributed by atoms with Crippen LogP contribution in [-0.2, 0) is 14.6 Å². The Bertz CT molecular complexity index is 939. The summed E-state index contributed by atoms with van der Waals surface area (Å²) >= 11 is 0. The third-order valence-corrected chi connectivity index (χ3v) is 7.18. The van der Waals surface area contributed by atoms with Crippen LogP contribution in [0.4, 0.5) is 4.79 Å². The molecule has 0 radical (unpaired) electrons. The van der Waals surface area contributed by atoms with Crippen LogP contribution in [0.2, 0.25) is 0 Å². The fourth-order valence-electron chi connectivity index (χ4n) is 3.69. The SMILES string of the molecule is CC(C)(C)OC(=O)N[C@]1(CN)[C@H](c2ccccc2)[C@H]1S(=O)(=O)c1ccccc1. The summed E-state index contributed by atoms with van der Waals surface area (Å²) in [4.78, 5) is 12.7. The molecule has 3 N–H and O–H groups in total. The van der Waals surface area contributed by atoms with Crippen molar-refractivity contribution in [3.05, 3.63) is 66.2 Å². The van der Waals surface area contributed by atoms with Crippen LogP contribution in [-0.4, -0.2) is 37.4 Å². The second-order valence-corrected chi connectivity index (χ2v) is 10.1. The van der Waals surface area contributed by atoms with Crippen LogP contribution in [0.5, 0.6) is 0 Å². The van der Waals surface area contributed by atoms with Crippen molar-refractivity contribution in [1.29, 1.82) is 0 Å². The molecule has 0 spiro atoms. The lowest BCUT2D eigenvalue weighted by atomic mass is 10.1. The van der Waals surface area contributed by atoms with Gasteiger partial charge in [-0.1, -0.05) is 48.5 Å². The van der Waals surface area contributed by atoms with Crippen molar-refractivity contribution in [3.8, 4) is 0 Å². The largest absolute Gasteiger partial charge is 0.444 e. The number of carbonyl (C=O) groups excluding carboxylic acids is 1. The minimum Gasteiger partial charge on any atom is -0.444 e. The second kappa shape index (κ2) is 7.22. The molecule has 2 aromatic carbocycles. The quantitative estimate of drug-likeness (QED) is 0.801. The van der Waals surface area contributed by atoms with Crippen LogP contribution in [0.15, 0.2) is 65.6 Å². The molecule has 0 bridgehead atoms. The van der Waals surface area contributed by atoms with E-state index in [1.165, 1.54) is 0 Å². The summed E-state index contributed by atoms with van der Waals surface area (Å²) in [5.41, 5.74) is 5.02. The summed E-state index contributed by atoms with van der Waals surface area (Å²) in [6.07, 6.45) is -0.676. The van der Waals surface area contributed by atoms with Gasteiger partial charge in [0.05, 0.1) is 10.4 Å². The average molecular weight is 403 g/mol. The zero-order valence-corrected chi connectivity index (χ0v) is 17.1. The summed E-state index contributed by atoms with van der Waals surface area (Å²) in [5.74, 6) is -0.462. The van der Waals surface area contributed by atoms with Gasteiger partial charge >= 0.3 is 6.09 Å². The Morgan fingerprint density at radius 3 is 2.11 bits per heavy atom. The van der Waals surface area contributed by atoms with Gasteiger partial charge in [0.25, 0.3) is 0 Å². The number of ether oxygens (including phenoxy) is 1. The molecule has 0 aromatic heterocycles. The Hall–Kier alpha value is -2.38. The van der Waals surface area contributed by atoms with E-state index in [-0.39, 0.29) is 11.4 Å². The molecule has 0 aliphatic heterocycles. The maximum absolute atomic E-state index is 13.4. The van der Waals surface area contributed by atoms with Gasteiger partial charge < -0.3 is 15.8 Å². The number of hydrogen-bond donors (Lipinski definition) is 2. The normalized spacial score (nSPS) is 24.4. The standard InChI is InChI=1S/C21H26N2O4S/c1-20(2,3)27-19(24)23-21(14-22)17(15-10-6-4-7-11-15)18(21)28(25,26)16-12-8-5-9-13-16/h4-13,17-18H,14,22H2,1-3H3,(H,23,24)/t17-,18-,21-/m1/s1. The van der Waals surface area contributed by atoms with Crippen molar-refractivity contribution in [2.45, 2.75) is 48.0 Å². The summed E-state index contributed by atoms with van der Waals surface area (Å²) in [5, 5.41) is 1.91. The van der Waals surface area contributed by atoms with Crippen LogP contribution in [0, 0.1) is 0 Å². The molecule has 0 heterocycles. The van der Waals surface area contributed by atoms with Crippen LogP contribution in [0.3, 0.4) is 0 Å². The van der Waals surface area contributed by atoms with Crippen LogP contribution in [0.1, 0.15) is 32.3 Å². The van der Waals surface area contributed by atoms with E-state index in [4.69, 9.17) is 10.5 Å². The molecule has 7 heteroatoms. The highest BCUT2D eigenvalue weighted by Gasteiger charge is 2.71. The molecule has 28 heavy (non-hydrogen) atoms. The number of benzene rings is 2. The van der Waals surface area contributed by atoms with Crippen LogP contribution < -0.4 is 11.1 Å². The first-order chi connectivity index (χ1) is 13.1. The van der Waals surface area contributed by atoms with E-state index in [0.29, 0.717) is 0 Å². The van der Waals surface area contributed by atoms with Crippen LogP contribution in [0.25, 0.3) is 0 Å². The molecule has 3 atom stereocenters. The van der Waals surface area contributed by atoms with Crippen molar-refractivity contribution in [2.24, 2.45) is 5.73 Å². The van der Waals surface area contributed by atoms with Gasteiger partial charge in [-0.15, -0.1) is 0 Å². The third-order valence-electron chi connectivity index (χ3n) is 4.89. The third kappa shape index (κ3) is 3.77. The first-order valence-corrected chi connectivity index (χ1v) is 10.7. The summed E-state index contributed by atoms with van der Waals surface area (Å²) in [7, 11) is -3.72. The predicted octanol–water partition coefficient (Wildman–Crippen LogP) is 2.85. The van der Waals surface area contributed by atoms with Gasteiger partial charge in [-0.3, -0.25) is 0 Å². The van der Waals surface area contributed by atoms with Crippen molar-refractivity contribution in [2.75, 3.05) is 6.54 Å². The number of hydrogen-bond acceptors (Lipinski definition) is 5. The highest BCUT2D eigenvalue weighted by Crippen LogP contribution is 2.56. The lowest BCUT2D eigenvalue weighted by Crippen LogP contribution is -2.49. The number of sulfone groups is 1. The van der Waals surface area contributed by atoms with Gasteiger partial charge in [-0.2, -0.15) is 0 Å². The van der Waals surface area contributed by atoms with Gasteiger partial charge in [0.2, 0.25) is 0 Å². The highest BCUT2D eigenvalue weighted by molar-refractivity contribution is 7.92. The van der Waals surface area contributed by atoms with Crippen molar-refractivity contribution >= 4 is 15.9 Å². The molecular weight excluding hydrogens is 376 g/mol. The molecule has 1 amide bonds. The zero-order chi connectivity index (χ0) is 20.6. The molecule has 150 valence electrons. The smallest absolute Gasteiger partial charge is 0.408 e. The topological polar surface area (TPSA) is 98.5 Å². The summed E-state index contributed by atoms with van der Waals surface area (Å²) < 4.78 is 32.1. The second-order valence-electron chi connectivity index (χ2n) is 8.04. The predicted molar refractivity (Wildman–Crippen MR) is 108 cm³/mol. The molecule has 1 aliphatic rings. The molecule has 1 saturated carbocycles. The molecule has 0 saturated heterocycles. The number of carbonyl (C=O) groups is 1. The van der Waals surface area contributed by atoms with E-state index in [9.17, 15) is 13.2 Å². The average Bonchev–Trinajstić information content (AvgIpc) is 3.31. The maximum Gasteiger partial charge on any atom is 0.408 e. The van der Waals surface area contributed by atoms with E-state index in [1.807, 2.05) is 30.3 Å². The number of alkyl carbamates (subject to hydrolysis) is 1. The molecule has 1 aliphatic carbocycles. The first-order valence-electron chi connectivity index (χ1n) is 9.17. The number of nitrogens with one attached hydrogen (secondary N) is 1. The Balaban J connectivity index is 2.01. The molecule has 6 nitrogen and oxygen atoms in total. The Kier molecular flexibility index (Phi) is 5.25.